The number of fused-ring (bicyclic) bond motifs is 1. The molecule has 1 aliphatic rings. The Morgan fingerprint density at radius 3 is 2.78 bits per heavy atom. The van der Waals surface area contributed by atoms with Crippen LogP contribution < -0.4 is 5.32 Å². The predicted molar refractivity (Wildman–Crippen MR) is 78.2 cm³/mol. The molecule has 1 aliphatic carbocycles. The van der Waals surface area contributed by atoms with Gasteiger partial charge in [-0.2, -0.15) is 0 Å². The van der Waals surface area contributed by atoms with Gasteiger partial charge in [0.05, 0.1) is 0 Å². The summed E-state index contributed by atoms with van der Waals surface area (Å²) in [6.07, 6.45) is 5.24. The van der Waals surface area contributed by atoms with E-state index in [2.05, 4.69) is 32.2 Å². The molecule has 1 aromatic rings. The van der Waals surface area contributed by atoms with Gasteiger partial charge in [-0.3, -0.25) is 0 Å². The first-order valence-electron chi connectivity index (χ1n) is 6.97. The maximum atomic E-state index is 9.27. The lowest BCUT2D eigenvalue weighted by atomic mass is 9.94. The van der Waals surface area contributed by atoms with Gasteiger partial charge in [-0.05, 0) is 44.2 Å². The Morgan fingerprint density at radius 1 is 1.39 bits per heavy atom. The van der Waals surface area contributed by atoms with Crippen molar-refractivity contribution in [1.82, 2.24) is 5.32 Å². The molecule has 0 spiro atoms. The van der Waals surface area contributed by atoms with E-state index < -0.39 is 0 Å². The molecule has 0 aliphatic heterocycles. The van der Waals surface area contributed by atoms with Crippen molar-refractivity contribution in [3.63, 3.8) is 0 Å². The molecule has 0 bridgehead atoms. The molecule has 1 unspecified atom stereocenters. The highest BCUT2D eigenvalue weighted by Gasteiger charge is 2.20. The van der Waals surface area contributed by atoms with E-state index in [1.807, 2.05) is 11.3 Å². The first-order chi connectivity index (χ1) is 8.52. The van der Waals surface area contributed by atoms with Gasteiger partial charge in [0.2, 0.25) is 0 Å². The van der Waals surface area contributed by atoms with Gasteiger partial charge in [-0.1, -0.05) is 13.8 Å². The summed E-state index contributed by atoms with van der Waals surface area (Å²) >= 11 is 1.98. The second kappa shape index (κ2) is 5.72. The van der Waals surface area contributed by atoms with Crippen molar-refractivity contribution in [1.29, 1.82) is 0 Å². The number of nitrogens with one attached hydrogen (secondary N) is 1. The summed E-state index contributed by atoms with van der Waals surface area (Å²) in [6, 6.07) is 2.79. The van der Waals surface area contributed by atoms with Gasteiger partial charge < -0.3 is 10.4 Å². The van der Waals surface area contributed by atoms with Crippen LogP contribution in [0.15, 0.2) is 6.07 Å². The molecular weight excluding hydrogens is 242 g/mol. The van der Waals surface area contributed by atoms with Crippen LogP contribution in [0.2, 0.25) is 0 Å². The lowest BCUT2D eigenvalue weighted by molar-refractivity contribution is 0.154. The van der Waals surface area contributed by atoms with Crippen molar-refractivity contribution in [2.24, 2.45) is 5.41 Å². The van der Waals surface area contributed by atoms with Crippen LogP contribution >= 0.6 is 11.3 Å². The Kier molecular flexibility index (Phi) is 4.46. The summed E-state index contributed by atoms with van der Waals surface area (Å²) in [7, 11) is 0. The Hall–Kier alpha value is -0.380. The van der Waals surface area contributed by atoms with Gasteiger partial charge in [-0.25, -0.2) is 0 Å². The second-order valence-corrected chi connectivity index (χ2v) is 7.40. The summed E-state index contributed by atoms with van der Waals surface area (Å²) < 4.78 is 0. The molecule has 1 aromatic heterocycles. The molecule has 2 rings (SSSR count). The van der Waals surface area contributed by atoms with E-state index in [1.54, 1.807) is 10.4 Å². The second-order valence-electron chi connectivity index (χ2n) is 6.23. The van der Waals surface area contributed by atoms with E-state index in [-0.39, 0.29) is 12.0 Å². The quantitative estimate of drug-likeness (QED) is 0.858. The molecule has 0 amide bonds. The summed E-state index contributed by atoms with van der Waals surface area (Å²) in [4.78, 5) is 3.06. The molecule has 1 atom stereocenters. The van der Waals surface area contributed by atoms with Gasteiger partial charge in [0.15, 0.2) is 0 Å². The molecule has 2 nitrogen and oxygen atoms in total. The van der Waals surface area contributed by atoms with E-state index in [4.69, 9.17) is 0 Å². The minimum atomic E-state index is -0.0366. The Labute approximate surface area is 114 Å². The molecule has 2 N–H and O–H groups in total. The number of thiophene rings is 1. The normalized spacial score (nSPS) is 17.6. The maximum Gasteiger partial charge on any atom is 0.0494 e. The SMILES string of the molecule is CC(NCC(C)(C)CO)c1cc2c(s1)CCCC2. The average Bonchev–Trinajstić information content (AvgIpc) is 2.80. The molecular formula is C15H25NOS. The minimum Gasteiger partial charge on any atom is -0.396 e. The van der Waals surface area contributed by atoms with Crippen LogP contribution in [0.25, 0.3) is 0 Å². The van der Waals surface area contributed by atoms with Gasteiger partial charge in [0.25, 0.3) is 0 Å². The Bertz CT molecular complexity index is 374. The smallest absolute Gasteiger partial charge is 0.0494 e. The average molecular weight is 267 g/mol. The van der Waals surface area contributed by atoms with Crippen LogP contribution in [0.5, 0.6) is 0 Å². The van der Waals surface area contributed by atoms with Crippen LogP contribution in [0.3, 0.4) is 0 Å². The third kappa shape index (κ3) is 3.34. The van der Waals surface area contributed by atoms with E-state index in [0.29, 0.717) is 6.04 Å². The number of hydrogen-bond acceptors (Lipinski definition) is 3. The molecule has 102 valence electrons. The van der Waals surface area contributed by atoms with Crippen LogP contribution in [0.4, 0.5) is 0 Å². The first kappa shape index (κ1) is 14.0. The highest BCUT2D eigenvalue weighted by Crippen LogP contribution is 2.33. The van der Waals surface area contributed by atoms with Crippen molar-refractivity contribution in [3.05, 3.63) is 21.4 Å². The molecule has 0 saturated heterocycles. The fourth-order valence-corrected chi connectivity index (χ4v) is 3.60. The van der Waals surface area contributed by atoms with Gasteiger partial charge in [0, 0.05) is 34.4 Å². The lowest BCUT2D eigenvalue weighted by Gasteiger charge is -2.24. The monoisotopic (exact) mass is 267 g/mol. The predicted octanol–water partition coefficient (Wildman–Crippen LogP) is 3.30. The van der Waals surface area contributed by atoms with E-state index >= 15 is 0 Å². The molecule has 1 heterocycles. The molecule has 18 heavy (non-hydrogen) atoms. The third-order valence-corrected chi connectivity index (χ3v) is 5.18. The largest absolute Gasteiger partial charge is 0.396 e. The molecule has 0 radical (unpaired) electrons. The number of aliphatic hydroxyl groups is 1. The lowest BCUT2D eigenvalue weighted by Crippen LogP contribution is -2.33. The minimum absolute atomic E-state index is 0.0366. The number of rotatable bonds is 5. The number of hydrogen-bond donors (Lipinski definition) is 2. The third-order valence-electron chi connectivity index (χ3n) is 3.76. The summed E-state index contributed by atoms with van der Waals surface area (Å²) in [6.45, 7) is 7.49. The van der Waals surface area contributed by atoms with Crippen LogP contribution in [0.1, 0.15) is 55.0 Å². The van der Waals surface area contributed by atoms with Gasteiger partial charge in [0.1, 0.15) is 0 Å². The van der Waals surface area contributed by atoms with E-state index in [9.17, 15) is 5.11 Å². The zero-order valence-electron chi connectivity index (χ0n) is 11.8. The highest BCUT2D eigenvalue weighted by molar-refractivity contribution is 7.12. The zero-order chi connectivity index (χ0) is 13.2. The molecule has 0 aromatic carbocycles. The van der Waals surface area contributed by atoms with E-state index in [1.165, 1.54) is 30.6 Å². The van der Waals surface area contributed by atoms with Crippen molar-refractivity contribution in [2.75, 3.05) is 13.2 Å². The standard InChI is InChI=1S/C15H25NOS/c1-11(16-9-15(2,3)10-17)14-8-12-6-4-5-7-13(12)18-14/h8,11,16-17H,4-7,9-10H2,1-3H3. The highest BCUT2D eigenvalue weighted by atomic mass is 32.1. The fraction of sp³-hybridized carbons (Fsp3) is 0.733. The van der Waals surface area contributed by atoms with Gasteiger partial charge >= 0.3 is 0 Å². The van der Waals surface area contributed by atoms with Crippen LogP contribution in [0, 0.1) is 5.41 Å². The molecule has 0 fully saturated rings. The number of aryl methyl sites for hydroxylation is 2. The maximum absolute atomic E-state index is 9.27. The topological polar surface area (TPSA) is 32.3 Å². The fourth-order valence-electron chi connectivity index (χ4n) is 2.31. The van der Waals surface area contributed by atoms with Crippen molar-refractivity contribution < 1.29 is 5.11 Å². The molecule has 3 heteroatoms. The first-order valence-corrected chi connectivity index (χ1v) is 7.79. The Balaban J connectivity index is 1.96. The molecule has 0 saturated carbocycles. The zero-order valence-corrected chi connectivity index (χ0v) is 12.6. The summed E-state index contributed by atoms with van der Waals surface area (Å²) in [5.74, 6) is 0. The van der Waals surface area contributed by atoms with Crippen molar-refractivity contribution in [3.8, 4) is 0 Å². The summed E-state index contributed by atoms with van der Waals surface area (Å²) in [5.41, 5.74) is 1.54. The Morgan fingerprint density at radius 2 is 2.11 bits per heavy atom. The van der Waals surface area contributed by atoms with Crippen molar-refractivity contribution >= 4 is 11.3 Å². The van der Waals surface area contributed by atoms with Crippen molar-refractivity contribution in [2.45, 2.75) is 52.5 Å². The summed E-state index contributed by atoms with van der Waals surface area (Å²) in [5, 5.41) is 12.8. The number of aliphatic hydroxyl groups excluding tert-OH is 1. The van der Waals surface area contributed by atoms with E-state index in [0.717, 1.165) is 6.54 Å². The van der Waals surface area contributed by atoms with Gasteiger partial charge in [-0.15, -0.1) is 11.3 Å². The van der Waals surface area contributed by atoms with Crippen LogP contribution in [-0.4, -0.2) is 18.3 Å². The van der Waals surface area contributed by atoms with Crippen LogP contribution in [-0.2, 0) is 12.8 Å².